The fourth-order valence-electron chi connectivity index (χ4n) is 1.60. The Morgan fingerprint density at radius 3 is 2.94 bits per heavy atom. The monoisotopic (exact) mass is 224 g/mol. The molecule has 0 unspecified atom stereocenters. The second kappa shape index (κ2) is 5.09. The normalized spacial score (nSPS) is 17.3. The van der Waals surface area contributed by atoms with Crippen molar-refractivity contribution in [3.8, 4) is 0 Å². The molecule has 2 heterocycles. The van der Waals surface area contributed by atoms with Crippen LogP contribution < -0.4 is 11.0 Å². The Bertz CT molecular complexity index is 398. The van der Waals surface area contributed by atoms with Crippen molar-refractivity contribution in [2.75, 3.05) is 31.7 Å². The Morgan fingerprint density at radius 1 is 1.50 bits per heavy atom. The van der Waals surface area contributed by atoms with Crippen LogP contribution in [0, 0.1) is 0 Å². The van der Waals surface area contributed by atoms with E-state index in [1.807, 2.05) is 11.9 Å². The van der Waals surface area contributed by atoms with Crippen LogP contribution >= 0.6 is 0 Å². The first-order chi connectivity index (χ1) is 7.81. The van der Waals surface area contributed by atoms with Gasteiger partial charge in [-0.15, -0.1) is 0 Å². The van der Waals surface area contributed by atoms with E-state index in [-0.39, 0.29) is 5.56 Å². The minimum absolute atomic E-state index is 0.0866. The van der Waals surface area contributed by atoms with Gasteiger partial charge in [0, 0.05) is 32.0 Å². The fraction of sp³-hybridized carbons (Fsp3) is 0.600. The first-order valence-corrected chi connectivity index (χ1v) is 5.46. The molecule has 0 bridgehead atoms. The Morgan fingerprint density at radius 2 is 2.25 bits per heavy atom. The number of ether oxygens (including phenoxy) is 1. The van der Waals surface area contributed by atoms with Crippen LogP contribution in [0.15, 0.2) is 17.2 Å². The van der Waals surface area contributed by atoms with Crippen molar-refractivity contribution < 1.29 is 4.74 Å². The van der Waals surface area contributed by atoms with Gasteiger partial charge in [0.25, 0.3) is 5.56 Å². The number of hydrazine groups is 1. The van der Waals surface area contributed by atoms with Gasteiger partial charge in [0.05, 0.1) is 13.2 Å². The van der Waals surface area contributed by atoms with Gasteiger partial charge >= 0.3 is 0 Å². The minimum atomic E-state index is -0.0866. The Balaban J connectivity index is 2.11. The van der Waals surface area contributed by atoms with Crippen LogP contribution in [-0.2, 0) is 11.3 Å². The van der Waals surface area contributed by atoms with E-state index in [0.29, 0.717) is 25.6 Å². The van der Waals surface area contributed by atoms with Crippen molar-refractivity contribution in [3.63, 3.8) is 0 Å². The van der Waals surface area contributed by atoms with E-state index in [0.717, 1.165) is 13.1 Å². The maximum Gasteiger partial charge on any atom is 0.294 e. The number of hydrogen-bond donors (Lipinski definition) is 1. The van der Waals surface area contributed by atoms with Gasteiger partial charge in [-0.2, -0.15) is 0 Å². The van der Waals surface area contributed by atoms with Crippen molar-refractivity contribution in [1.29, 1.82) is 0 Å². The Hall–Kier alpha value is -1.40. The molecule has 1 aliphatic rings. The third-order valence-corrected chi connectivity index (χ3v) is 2.53. The van der Waals surface area contributed by atoms with E-state index in [1.165, 1.54) is 0 Å². The molecule has 88 valence electrons. The molecule has 2 rings (SSSR count). The maximum atomic E-state index is 11.9. The third kappa shape index (κ3) is 2.40. The van der Waals surface area contributed by atoms with Crippen LogP contribution in [-0.4, -0.2) is 40.9 Å². The molecule has 0 saturated carbocycles. The van der Waals surface area contributed by atoms with Crippen molar-refractivity contribution >= 4 is 5.82 Å². The molecular formula is C10H16N4O2. The average Bonchev–Trinajstić information content (AvgIpc) is 2.33. The largest absolute Gasteiger partial charge is 0.379 e. The summed E-state index contributed by atoms with van der Waals surface area (Å²) in [7, 11) is 0. The molecule has 0 radical (unpaired) electrons. The van der Waals surface area contributed by atoms with Gasteiger partial charge < -0.3 is 9.30 Å². The number of hydrogen-bond acceptors (Lipinski definition) is 5. The molecule has 0 atom stereocenters. The molecule has 1 aromatic rings. The highest BCUT2D eigenvalue weighted by molar-refractivity contribution is 5.29. The van der Waals surface area contributed by atoms with Gasteiger partial charge in [-0.25, -0.2) is 9.99 Å². The highest BCUT2D eigenvalue weighted by Gasteiger charge is 2.12. The van der Waals surface area contributed by atoms with Crippen LogP contribution in [0.25, 0.3) is 0 Å². The Kier molecular flexibility index (Phi) is 3.53. The summed E-state index contributed by atoms with van der Waals surface area (Å²) in [6.45, 7) is 5.48. The zero-order valence-corrected chi connectivity index (χ0v) is 9.35. The summed E-state index contributed by atoms with van der Waals surface area (Å²) < 4.78 is 6.85. The maximum absolute atomic E-state index is 11.9. The number of nitrogens with zero attached hydrogens (tertiary/aromatic N) is 3. The Labute approximate surface area is 93.8 Å². The van der Waals surface area contributed by atoms with Crippen molar-refractivity contribution in [2.24, 2.45) is 0 Å². The topological polar surface area (TPSA) is 59.4 Å². The summed E-state index contributed by atoms with van der Waals surface area (Å²) in [6, 6.07) is 0. The quantitative estimate of drug-likeness (QED) is 0.778. The van der Waals surface area contributed by atoms with Crippen molar-refractivity contribution in [1.82, 2.24) is 14.6 Å². The number of aryl methyl sites for hydroxylation is 1. The minimum Gasteiger partial charge on any atom is -0.379 e. The van der Waals surface area contributed by atoms with Crippen LogP contribution in [0.5, 0.6) is 0 Å². The molecule has 1 saturated heterocycles. The van der Waals surface area contributed by atoms with E-state index < -0.39 is 0 Å². The van der Waals surface area contributed by atoms with E-state index in [9.17, 15) is 4.79 Å². The van der Waals surface area contributed by atoms with Gasteiger partial charge in [-0.05, 0) is 6.92 Å². The molecule has 1 aromatic heterocycles. The van der Waals surface area contributed by atoms with Gasteiger partial charge in [-0.1, -0.05) is 0 Å². The number of rotatable bonds is 3. The summed E-state index contributed by atoms with van der Waals surface area (Å²) >= 11 is 0. The highest BCUT2D eigenvalue weighted by atomic mass is 16.5. The SMILES string of the molecule is CCn1ccnc(NN2CCOCC2)c1=O. The molecule has 0 aliphatic carbocycles. The predicted molar refractivity (Wildman–Crippen MR) is 60.2 cm³/mol. The standard InChI is InChI=1S/C10H16N4O2/c1-2-13-4-3-11-9(10(13)15)12-14-5-7-16-8-6-14/h3-4H,2,5-8H2,1H3,(H,11,12). The molecule has 0 spiro atoms. The molecule has 6 heteroatoms. The van der Waals surface area contributed by atoms with Gasteiger partial charge in [0.15, 0.2) is 0 Å². The van der Waals surface area contributed by atoms with Gasteiger partial charge in [0.2, 0.25) is 5.82 Å². The average molecular weight is 224 g/mol. The van der Waals surface area contributed by atoms with Crippen LogP contribution in [0.3, 0.4) is 0 Å². The third-order valence-electron chi connectivity index (χ3n) is 2.53. The molecule has 0 amide bonds. The molecule has 1 aliphatic heterocycles. The number of morpholine rings is 1. The van der Waals surface area contributed by atoms with E-state index in [4.69, 9.17) is 4.74 Å². The first kappa shape index (κ1) is 11.1. The molecule has 0 aromatic carbocycles. The summed E-state index contributed by atoms with van der Waals surface area (Å²) in [6.07, 6.45) is 3.32. The summed E-state index contributed by atoms with van der Waals surface area (Å²) in [5.41, 5.74) is 2.95. The van der Waals surface area contributed by atoms with Gasteiger partial charge in [0.1, 0.15) is 0 Å². The lowest BCUT2D eigenvalue weighted by atomic mass is 10.5. The molecule has 1 fully saturated rings. The van der Waals surface area contributed by atoms with Gasteiger partial charge in [-0.3, -0.25) is 10.2 Å². The zero-order valence-electron chi connectivity index (χ0n) is 9.35. The van der Waals surface area contributed by atoms with Crippen molar-refractivity contribution in [2.45, 2.75) is 13.5 Å². The molecule has 1 N–H and O–H groups in total. The second-order valence-electron chi connectivity index (χ2n) is 3.58. The molecule has 16 heavy (non-hydrogen) atoms. The summed E-state index contributed by atoms with van der Waals surface area (Å²) in [5.74, 6) is 0.381. The summed E-state index contributed by atoms with van der Waals surface area (Å²) in [5, 5.41) is 1.95. The van der Waals surface area contributed by atoms with E-state index in [1.54, 1.807) is 17.0 Å². The van der Waals surface area contributed by atoms with Crippen LogP contribution in [0.2, 0.25) is 0 Å². The molecule has 6 nitrogen and oxygen atoms in total. The molecular weight excluding hydrogens is 208 g/mol. The number of anilines is 1. The first-order valence-electron chi connectivity index (χ1n) is 5.46. The van der Waals surface area contributed by atoms with E-state index >= 15 is 0 Å². The number of nitrogens with one attached hydrogen (secondary N) is 1. The van der Waals surface area contributed by atoms with E-state index in [2.05, 4.69) is 10.4 Å². The summed E-state index contributed by atoms with van der Waals surface area (Å²) in [4.78, 5) is 15.9. The lowest BCUT2D eigenvalue weighted by molar-refractivity contribution is 0.0494. The van der Waals surface area contributed by atoms with Crippen LogP contribution in [0.4, 0.5) is 5.82 Å². The predicted octanol–water partition coefficient (Wildman–Crippen LogP) is -0.0777. The lowest BCUT2D eigenvalue weighted by Crippen LogP contribution is -2.42. The second-order valence-corrected chi connectivity index (χ2v) is 3.58. The number of aromatic nitrogens is 2. The van der Waals surface area contributed by atoms with Crippen molar-refractivity contribution in [3.05, 3.63) is 22.7 Å². The fourth-order valence-corrected chi connectivity index (χ4v) is 1.60. The lowest BCUT2D eigenvalue weighted by Gasteiger charge is -2.27. The smallest absolute Gasteiger partial charge is 0.294 e. The van der Waals surface area contributed by atoms with Crippen LogP contribution in [0.1, 0.15) is 6.92 Å². The zero-order chi connectivity index (χ0) is 11.4. The highest BCUT2D eigenvalue weighted by Crippen LogP contribution is 2.00.